The molecule has 0 aliphatic heterocycles. The summed E-state index contributed by atoms with van der Waals surface area (Å²) >= 11 is 2.44. The number of hydrogen-bond acceptors (Lipinski definition) is 2. The molecule has 0 aliphatic carbocycles. The summed E-state index contributed by atoms with van der Waals surface area (Å²) in [5, 5.41) is 8.44. The van der Waals surface area contributed by atoms with E-state index in [0.717, 1.165) is 0 Å². The highest BCUT2D eigenvalue weighted by atomic mass is 79.9. The van der Waals surface area contributed by atoms with Gasteiger partial charge in [0.1, 0.15) is 16.4 Å². The molecule has 2 nitrogen and oxygen atoms in total. The predicted molar refractivity (Wildman–Crippen MR) is 46.6 cm³/mol. The van der Waals surface area contributed by atoms with Crippen molar-refractivity contribution in [1.82, 2.24) is 4.98 Å². The second-order valence-electron chi connectivity index (χ2n) is 2.67. The molecule has 86 valence electrons. The lowest BCUT2D eigenvalue weighted by atomic mass is 10.1. The van der Waals surface area contributed by atoms with Crippen molar-refractivity contribution in [3.63, 3.8) is 0 Å². The van der Waals surface area contributed by atoms with Gasteiger partial charge in [-0.1, -0.05) is 0 Å². The second-order valence-corrected chi connectivity index (χ2v) is 3.42. The van der Waals surface area contributed by atoms with E-state index in [0.29, 0.717) is 6.07 Å². The van der Waals surface area contributed by atoms with Crippen LogP contribution in [0.1, 0.15) is 23.2 Å². The predicted octanol–water partition coefficient (Wildman–Crippen LogP) is 3.67. The molecule has 1 heterocycles. The molecule has 0 bridgehead atoms. The summed E-state index contributed by atoms with van der Waals surface area (Å²) in [5.41, 5.74) is -3.01. The van der Waals surface area contributed by atoms with Gasteiger partial charge in [-0.3, -0.25) is 0 Å². The number of halogens is 6. The van der Waals surface area contributed by atoms with Crippen molar-refractivity contribution < 1.29 is 22.0 Å². The van der Waals surface area contributed by atoms with Gasteiger partial charge >= 0.3 is 6.18 Å². The van der Waals surface area contributed by atoms with Crippen LogP contribution in [-0.2, 0) is 6.18 Å². The fraction of sp³-hybridized carbons (Fsp3) is 0.250. The molecule has 0 fully saturated rings. The van der Waals surface area contributed by atoms with Gasteiger partial charge in [0, 0.05) is 0 Å². The van der Waals surface area contributed by atoms with E-state index in [-0.39, 0.29) is 0 Å². The monoisotopic (exact) mass is 300 g/mol. The molecule has 1 aromatic rings. The van der Waals surface area contributed by atoms with Crippen LogP contribution in [0.4, 0.5) is 22.0 Å². The van der Waals surface area contributed by atoms with Gasteiger partial charge < -0.3 is 0 Å². The van der Waals surface area contributed by atoms with Gasteiger partial charge in [-0.15, -0.1) is 0 Å². The van der Waals surface area contributed by atoms with Crippen molar-refractivity contribution in [2.24, 2.45) is 0 Å². The molecule has 1 rings (SSSR count). The van der Waals surface area contributed by atoms with E-state index in [1.807, 2.05) is 0 Å². The quantitative estimate of drug-likeness (QED) is 0.586. The largest absolute Gasteiger partial charge is 0.419 e. The van der Waals surface area contributed by atoms with Gasteiger partial charge in [0.05, 0.1) is 11.1 Å². The van der Waals surface area contributed by atoms with E-state index in [9.17, 15) is 22.0 Å². The fourth-order valence-electron chi connectivity index (χ4n) is 0.959. The zero-order valence-electron chi connectivity index (χ0n) is 7.32. The molecule has 0 saturated carbocycles. The van der Waals surface area contributed by atoms with Gasteiger partial charge in [0.25, 0.3) is 6.43 Å². The Kier molecular flexibility index (Phi) is 3.48. The third-order valence-electron chi connectivity index (χ3n) is 1.64. The lowest BCUT2D eigenvalue weighted by Crippen LogP contribution is -2.10. The highest BCUT2D eigenvalue weighted by Crippen LogP contribution is 2.36. The minimum absolute atomic E-state index is 0.346. The van der Waals surface area contributed by atoms with E-state index in [1.165, 1.54) is 6.07 Å². The lowest BCUT2D eigenvalue weighted by Gasteiger charge is -2.10. The van der Waals surface area contributed by atoms with Crippen LogP contribution in [0.5, 0.6) is 0 Å². The van der Waals surface area contributed by atoms with Crippen LogP contribution in [-0.4, -0.2) is 4.98 Å². The molecule has 0 aliphatic rings. The lowest BCUT2D eigenvalue weighted by molar-refractivity contribution is -0.138. The Hall–Kier alpha value is -1.23. The Morgan fingerprint density at radius 1 is 1.38 bits per heavy atom. The Morgan fingerprint density at radius 3 is 2.31 bits per heavy atom. The Labute approximate surface area is 94.8 Å². The van der Waals surface area contributed by atoms with E-state index in [1.54, 1.807) is 0 Å². The first-order valence-electron chi connectivity index (χ1n) is 3.73. The van der Waals surface area contributed by atoms with E-state index in [4.69, 9.17) is 5.26 Å². The molecule has 0 unspecified atom stereocenters. The van der Waals surface area contributed by atoms with Gasteiger partial charge in [-0.05, 0) is 22.0 Å². The van der Waals surface area contributed by atoms with Gasteiger partial charge in [0.2, 0.25) is 0 Å². The summed E-state index contributed by atoms with van der Waals surface area (Å²) in [4.78, 5) is 3.03. The number of pyridine rings is 1. The number of nitriles is 1. The van der Waals surface area contributed by atoms with Crippen molar-refractivity contribution in [2.75, 3.05) is 0 Å². The average Bonchev–Trinajstić information content (AvgIpc) is 2.15. The third-order valence-corrected chi connectivity index (χ3v) is 2.24. The summed E-state index contributed by atoms with van der Waals surface area (Å²) < 4.78 is 60.9. The summed E-state index contributed by atoms with van der Waals surface area (Å²) in [7, 11) is 0. The van der Waals surface area contributed by atoms with Crippen LogP contribution >= 0.6 is 15.9 Å². The molecule has 0 saturated heterocycles. The summed E-state index contributed by atoms with van der Waals surface area (Å²) in [5.74, 6) is 0. The zero-order valence-corrected chi connectivity index (χ0v) is 8.90. The first kappa shape index (κ1) is 12.8. The maximum Gasteiger partial charge on any atom is 0.419 e. The molecular weight excluding hydrogens is 299 g/mol. The molecule has 0 N–H and O–H groups in total. The SMILES string of the molecule is N#Cc1cc(C(F)(F)F)c(Br)nc1C(F)F. The molecule has 8 heteroatoms. The van der Waals surface area contributed by atoms with Crippen molar-refractivity contribution in [1.29, 1.82) is 5.26 Å². The van der Waals surface area contributed by atoms with Crippen LogP contribution in [0.3, 0.4) is 0 Å². The molecule has 0 amide bonds. The third kappa shape index (κ3) is 2.47. The summed E-state index contributed by atoms with van der Waals surface area (Å²) in [6, 6.07) is 1.60. The second kappa shape index (κ2) is 4.33. The standard InChI is InChI=1S/C8H2BrF5N2/c9-6-4(8(12,13)14)1-3(2-15)5(16-6)7(10)11/h1,7H. The maximum absolute atomic E-state index is 12.3. The molecule has 16 heavy (non-hydrogen) atoms. The Morgan fingerprint density at radius 2 is 1.94 bits per heavy atom. The highest BCUT2D eigenvalue weighted by molar-refractivity contribution is 9.10. The van der Waals surface area contributed by atoms with Crippen molar-refractivity contribution in [3.05, 3.63) is 27.5 Å². The van der Waals surface area contributed by atoms with Crippen LogP contribution in [0.15, 0.2) is 10.7 Å². The van der Waals surface area contributed by atoms with Crippen molar-refractivity contribution >= 4 is 15.9 Å². The number of aromatic nitrogens is 1. The Balaban J connectivity index is 3.45. The number of hydrogen-bond donors (Lipinski definition) is 0. The fourth-order valence-corrected chi connectivity index (χ4v) is 1.49. The summed E-state index contributed by atoms with van der Waals surface area (Å²) in [6.45, 7) is 0. The number of nitrogens with zero attached hydrogens (tertiary/aromatic N) is 2. The van der Waals surface area contributed by atoms with Gasteiger partial charge in [-0.2, -0.15) is 18.4 Å². The maximum atomic E-state index is 12.3. The minimum atomic E-state index is -4.75. The molecule has 0 radical (unpaired) electrons. The van der Waals surface area contributed by atoms with E-state index >= 15 is 0 Å². The topological polar surface area (TPSA) is 36.7 Å². The van der Waals surface area contributed by atoms with Crippen LogP contribution in [0.2, 0.25) is 0 Å². The minimum Gasteiger partial charge on any atom is -0.238 e. The van der Waals surface area contributed by atoms with Crippen LogP contribution < -0.4 is 0 Å². The molecule has 0 spiro atoms. The zero-order chi connectivity index (χ0) is 12.5. The molecule has 0 aromatic carbocycles. The first-order valence-corrected chi connectivity index (χ1v) is 4.52. The summed E-state index contributed by atoms with van der Waals surface area (Å²) in [6.07, 6.45) is -7.86. The first-order chi connectivity index (χ1) is 7.27. The van der Waals surface area contributed by atoms with Crippen LogP contribution in [0, 0.1) is 11.3 Å². The van der Waals surface area contributed by atoms with E-state index in [2.05, 4.69) is 20.9 Å². The van der Waals surface area contributed by atoms with Crippen molar-refractivity contribution in [2.45, 2.75) is 12.6 Å². The van der Waals surface area contributed by atoms with E-state index < -0.39 is 34.0 Å². The normalized spacial score (nSPS) is 11.6. The molecule has 1 aromatic heterocycles. The smallest absolute Gasteiger partial charge is 0.238 e. The average molecular weight is 301 g/mol. The molecule has 0 atom stereocenters. The van der Waals surface area contributed by atoms with Gasteiger partial charge in [-0.25, -0.2) is 13.8 Å². The number of alkyl halides is 5. The van der Waals surface area contributed by atoms with Crippen LogP contribution in [0.25, 0.3) is 0 Å². The highest BCUT2D eigenvalue weighted by Gasteiger charge is 2.35. The van der Waals surface area contributed by atoms with Gasteiger partial charge in [0.15, 0.2) is 0 Å². The molecular formula is C8H2BrF5N2. The van der Waals surface area contributed by atoms with Crippen molar-refractivity contribution in [3.8, 4) is 6.07 Å². The Bertz CT molecular complexity index is 449. The number of rotatable bonds is 1.